The Morgan fingerprint density at radius 1 is 1.00 bits per heavy atom. The Hall–Kier alpha value is -2.14. The van der Waals surface area contributed by atoms with Crippen LogP contribution in [0.3, 0.4) is 0 Å². The highest BCUT2D eigenvalue weighted by Crippen LogP contribution is 2.22. The summed E-state index contributed by atoms with van der Waals surface area (Å²) in [5.74, 6) is -1.41. The van der Waals surface area contributed by atoms with E-state index in [9.17, 15) is 9.59 Å². The van der Waals surface area contributed by atoms with E-state index in [1.165, 1.54) is 12.1 Å². The first-order valence-corrected chi connectivity index (χ1v) is 6.26. The van der Waals surface area contributed by atoms with Crippen LogP contribution in [0.15, 0.2) is 53.0 Å². The number of carbonyl (C=O) groups is 2. The number of benzene rings is 2. The fraction of sp³-hybridized carbons (Fsp3) is 0. The van der Waals surface area contributed by atoms with Gasteiger partial charge in [-0.05, 0) is 46.3 Å². The highest BCUT2D eigenvalue weighted by Gasteiger charge is 2.10. The third-order valence-corrected chi connectivity index (χ3v) is 3.19. The Morgan fingerprint density at radius 3 is 2.37 bits per heavy atom. The monoisotopic (exact) mass is 319 g/mol. The van der Waals surface area contributed by atoms with Crippen LogP contribution in [0.25, 0.3) is 0 Å². The van der Waals surface area contributed by atoms with Crippen molar-refractivity contribution < 1.29 is 14.7 Å². The predicted molar refractivity (Wildman–Crippen MR) is 75.5 cm³/mol. The molecule has 2 aromatic carbocycles. The molecule has 0 atom stereocenters. The number of para-hydroxylation sites is 1. The van der Waals surface area contributed by atoms with E-state index in [1.54, 1.807) is 24.3 Å². The number of carbonyl (C=O) groups excluding carboxylic acids is 1. The minimum atomic E-state index is -1.06. The van der Waals surface area contributed by atoms with E-state index in [2.05, 4.69) is 21.2 Å². The average Bonchev–Trinajstić information content (AvgIpc) is 2.41. The normalized spacial score (nSPS) is 9.95. The van der Waals surface area contributed by atoms with E-state index in [4.69, 9.17) is 5.11 Å². The molecule has 2 rings (SSSR count). The van der Waals surface area contributed by atoms with Crippen LogP contribution in [0, 0.1) is 0 Å². The number of amides is 1. The Bertz CT molecular complexity index is 640. The molecule has 19 heavy (non-hydrogen) atoms. The van der Waals surface area contributed by atoms with Crippen LogP contribution in [0.2, 0.25) is 0 Å². The van der Waals surface area contributed by atoms with Crippen molar-refractivity contribution in [3.05, 3.63) is 64.1 Å². The molecule has 5 heteroatoms. The molecule has 0 bridgehead atoms. The van der Waals surface area contributed by atoms with E-state index >= 15 is 0 Å². The maximum atomic E-state index is 12.0. The van der Waals surface area contributed by atoms with Crippen molar-refractivity contribution in [3.8, 4) is 0 Å². The van der Waals surface area contributed by atoms with Crippen LogP contribution in [0.1, 0.15) is 20.7 Å². The number of rotatable bonds is 3. The zero-order chi connectivity index (χ0) is 13.8. The van der Waals surface area contributed by atoms with Gasteiger partial charge in [-0.25, -0.2) is 4.79 Å². The molecule has 0 spiro atoms. The average molecular weight is 320 g/mol. The van der Waals surface area contributed by atoms with Gasteiger partial charge >= 0.3 is 5.97 Å². The first-order chi connectivity index (χ1) is 9.08. The SMILES string of the molecule is O=C(O)c1cccc(C(=O)Nc2ccccc2Br)c1. The molecule has 0 saturated heterocycles. The van der Waals surface area contributed by atoms with Crippen LogP contribution in [0.4, 0.5) is 5.69 Å². The zero-order valence-corrected chi connectivity index (χ0v) is 11.3. The fourth-order valence-electron chi connectivity index (χ4n) is 1.55. The summed E-state index contributed by atoms with van der Waals surface area (Å²) < 4.78 is 0.762. The molecule has 0 aromatic heterocycles. The van der Waals surface area contributed by atoms with Crippen LogP contribution in [-0.2, 0) is 0 Å². The largest absolute Gasteiger partial charge is 0.478 e. The molecule has 0 saturated carbocycles. The molecule has 0 heterocycles. The quantitative estimate of drug-likeness (QED) is 0.911. The number of hydrogen-bond donors (Lipinski definition) is 2. The van der Waals surface area contributed by atoms with Gasteiger partial charge in [0.15, 0.2) is 0 Å². The Balaban J connectivity index is 2.23. The third-order valence-electron chi connectivity index (χ3n) is 2.49. The van der Waals surface area contributed by atoms with Gasteiger partial charge in [0, 0.05) is 10.0 Å². The van der Waals surface area contributed by atoms with Gasteiger partial charge in [0.2, 0.25) is 0 Å². The first kappa shape index (κ1) is 13.3. The topological polar surface area (TPSA) is 66.4 Å². The van der Waals surface area contributed by atoms with Gasteiger partial charge < -0.3 is 10.4 Å². The van der Waals surface area contributed by atoms with Gasteiger partial charge in [-0.2, -0.15) is 0 Å². The van der Waals surface area contributed by atoms with Crippen LogP contribution in [-0.4, -0.2) is 17.0 Å². The summed E-state index contributed by atoms with van der Waals surface area (Å²) in [7, 11) is 0. The van der Waals surface area contributed by atoms with Gasteiger partial charge in [0.1, 0.15) is 0 Å². The lowest BCUT2D eigenvalue weighted by Gasteiger charge is -2.07. The van der Waals surface area contributed by atoms with Crippen molar-refractivity contribution in [1.82, 2.24) is 0 Å². The van der Waals surface area contributed by atoms with Crippen molar-refractivity contribution in [1.29, 1.82) is 0 Å². The van der Waals surface area contributed by atoms with Gasteiger partial charge in [-0.1, -0.05) is 18.2 Å². The van der Waals surface area contributed by atoms with Crippen LogP contribution >= 0.6 is 15.9 Å². The third kappa shape index (κ3) is 3.20. The van der Waals surface area contributed by atoms with Gasteiger partial charge in [-0.15, -0.1) is 0 Å². The standard InChI is InChI=1S/C14H10BrNO3/c15-11-6-1-2-7-12(11)16-13(17)9-4-3-5-10(8-9)14(18)19/h1-8H,(H,16,17)(H,18,19). The summed E-state index contributed by atoms with van der Waals surface area (Å²) in [6.45, 7) is 0. The second kappa shape index (κ2) is 5.67. The number of carboxylic acid groups (broad SMARTS) is 1. The number of carboxylic acids is 1. The summed E-state index contributed by atoms with van der Waals surface area (Å²) in [5, 5.41) is 11.6. The smallest absolute Gasteiger partial charge is 0.335 e. The summed E-state index contributed by atoms with van der Waals surface area (Å²) in [6, 6.07) is 13.1. The van der Waals surface area contributed by atoms with Crippen molar-refractivity contribution >= 4 is 33.5 Å². The molecule has 2 aromatic rings. The summed E-state index contributed by atoms with van der Waals surface area (Å²) >= 11 is 3.33. The summed E-state index contributed by atoms with van der Waals surface area (Å²) in [4.78, 5) is 22.9. The molecule has 0 unspecified atom stereocenters. The summed E-state index contributed by atoms with van der Waals surface area (Å²) in [6.07, 6.45) is 0. The molecule has 0 fully saturated rings. The maximum Gasteiger partial charge on any atom is 0.335 e. The second-order valence-corrected chi connectivity index (χ2v) is 4.67. The molecule has 0 aliphatic rings. The molecule has 0 aliphatic heterocycles. The Morgan fingerprint density at radius 2 is 1.68 bits per heavy atom. The van der Waals surface area contributed by atoms with Crippen molar-refractivity contribution in [3.63, 3.8) is 0 Å². The molecular weight excluding hydrogens is 310 g/mol. The number of anilines is 1. The predicted octanol–water partition coefficient (Wildman–Crippen LogP) is 3.40. The molecule has 96 valence electrons. The van der Waals surface area contributed by atoms with E-state index in [0.29, 0.717) is 11.3 Å². The molecule has 2 N–H and O–H groups in total. The van der Waals surface area contributed by atoms with Crippen LogP contribution in [0.5, 0.6) is 0 Å². The number of halogens is 1. The zero-order valence-electron chi connectivity index (χ0n) is 9.76. The Kier molecular flexibility index (Phi) is 3.97. The lowest BCUT2D eigenvalue weighted by atomic mass is 10.1. The molecule has 1 amide bonds. The number of hydrogen-bond acceptors (Lipinski definition) is 2. The molecule has 0 aliphatic carbocycles. The van der Waals surface area contributed by atoms with Gasteiger partial charge in [-0.3, -0.25) is 4.79 Å². The number of nitrogens with one attached hydrogen (secondary N) is 1. The van der Waals surface area contributed by atoms with Crippen LogP contribution < -0.4 is 5.32 Å². The van der Waals surface area contributed by atoms with Crippen molar-refractivity contribution in [2.75, 3.05) is 5.32 Å². The van der Waals surface area contributed by atoms with Crippen molar-refractivity contribution in [2.45, 2.75) is 0 Å². The highest BCUT2D eigenvalue weighted by atomic mass is 79.9. The highest BCUT2D eigenvalue weighted by molar-refractivity contribution is 9.10. The maximum absolute atomic E-state index is 12.0. The Labute approximate surface area is 118 Å². The lowest BCUT2D eigenvalue weighted by Crippen LogP contribution is -2.13. The van der Waals surface area contributed by atoms with E-state index in [-0.39, 0.29) is 11.5 Å². The minimum Gasteiger partial charge on any atom is -0.478 e. The molecular formula is C14H10BrNO3. The van der Waals surface area contributed by atoms with Crippen molar-refractivity contribution in [2.24, 2.45) is 0 Å². The number of aromatic carboxylic acids is 1. The second-order valence-electron chi connectivity index (χ2n) is 3.82. The van der Waals surface area contributed by atoms with Gasteiger partial charge in [0.25, 0.3) is 5.91 Å². The van der Waals surface area contributed by atoms with E-state index < -0.39 is 5.97 Å². The first-order valence-electron chi connectivity index (χ1n) is 5.47. The molecule has 0 radical (unpaired) electrons. The molecule has 4 nitrogen and oxygen atoms in total. The fourth-order valence-corrected chi connectivity index (χ4v) is 1.93. The summed E-state index contributed by atoms with van der Waals surface area (Å²) in [5.41, 5.74) is 1.02. The minimum absolute atomic E-state index is 0.0831. The van der Waals surface area contributed by atoms with Gasteiger partial charge in [0.05, 0.1) is 11.3 Å². The van der Waals surface area contributed by atoms with E-state index in [0.717, 1.165) is 4.47 Å². The van der Waals surface area contributed by atoms with E-state index in [1.807, 2.05) is 12.1 Å². The lowest BCUT2D eigenvalue weighted by molar-refractivity contribution is 0.0697.